The molecule has 0 aliphatic carbocycles. The summed E-state index contributed by atoms with van der Waals surface area (Å²) in [5.41, 5.74) is -21.0. The summed E-state index contributed by atoms with van der Waals surface area (Å²) in [4.78, 5) is 0. The molecule has 0 rings (SSSR count). The smallest absolute Gasteiger partial charge is 0.396 e. The third-order valence-corrected chi connectivity index (χ3v) is 8.57. The summed E-state index contributed by atoms with van der Waals surface area (Å²) < 4.78 is 169. The molecule has 0 aromatic heterocycles. The first-order valence-electron chi connectivity index (χ1n) is 14.3. The lowest BCUT2D eigenvalue weighted by Gasteiger charge is -2.08. The molecule has 0 aromatic rings. The van der Waals surface area contributed by atoms with Gasteiger partial charge in [0.15, 0.2) is 0 Å². The van der Waals surface area contributed by atoms with Crippen LogP contribution in [0.25, 0.3) is 0 Å². The lowest BCUT2D eigenvalue weighted by atomic mass is 10.3. The highest BCUT2D eigenvalue weighted by Gasteiger charge is 2.30. The topological polar surface area (TPSA) is 60.7 Å². The number of unbranched alkanes of at least 4 members (excludes halogenated alkanes) is 1. The Kier molecular flexibility index (Phi) is 55.5. The van der Waals surface area contributed by atoms with Gasteiger partial charge in [0.05, 0.1) is 17.6 Å². The van der Waals surface area contributed by atoms with Gasteiger partial charge < -0.3 is 15.3 Å². The lowest BCUT2D eigenvalue weighted by molar-refractivity contribution is -0.0336. The Balaban J connectivity index is -0.0000000996. The summed E-state index contributed by atoms with van der Waals surface area (Å²) in [5.74, 6) is -0.380. The van der Waals surface area contributed by atoms with E-state index in [2.05, 4.69) is 24.2 Å². The first-order chi connectivity index (χ1) is 24.0. The second-order valence-electron chi connectivity index (χ2n) is 8.47. The predicted molar refractivity (Wildman–Crippen MR) is 203 cm³/mol. The molecule has 54 heavy (non-hydrogen) atoms. The molecule has 0 bridgehead atoms. The Morgan fingerprint density at radius 3 is 1.28 bits per heavy atom. The summed E-state index contributed by atoms with van der Waals surface area (Å²) in [6.07, 6.45) is 10.1. The summed E-state index contributed by atoms with van der Waals surface area (Å²) >= 11 is 10.4. The molecule has 0 aromatic carbocycles. The van der Waals surface area contributed by atoms with Gasteiger partial charge in [-0.15, -0.1) is 29.8 Å². The van der Waals surface area contributed by atoms with E-state index in [1.807, 2.05) is 13.0 Å². The van der Waals surface area contributed by atoms with Gasteiger partial charge in [-0.3, -0.25) is 0 Å². The van der Waals surface area contributed by atoms with Crippen molar-refractivity contribution in [2.75, 3.05) is 37.1 Å². The van der Waals surface area contributed by atoms with Gasteiger partial charge in [-0.25, -0.2) is 0 Å². The zero-order valence-corrected chi connectivity index (χ0v) is 34.3. The molecule has 3 N–H and O–H groups in total. The van der Waals surface area contributed by atoms with E-state index in [0.717, 1.165) is 18.2 Å². The van der Waals surface area contributed by atoms with Crippen LogP contribution in [0.2, 0.25) is 0 Å². The first-order valence-corrected chi connectivity index (χ1v) is 20.6. The van der Waals surface area contributed by atoms with E-state index in [1.165, 1.54) is 24.6 Å². The second kappa shape index (κ2) is 43.3. The monoisotopic (exact) mass is 980 g/mol. The normalized spacial score (nSPS) is 12.9. The van der Waals surface area contributed by atoms with Crippen molar-refractivity contribution in [3.63, 3.8) is 0 Å². The molecule has 26 heteroatoms. The minimum absolute atomic E-state index is 0. The molecule has 0 spiro atoms. The third kappa shape index (κ3) is 99.1. The Bertz CT molecular complexity index is 811. The van der Waals surface area contributed by atoms with Crippen LogP contribution in [-0.4, -0.2) is 90.7 Å². The predicted octanol–water partition coefficient (Wildman–Crippen LogP) is 14.8. The first kappa shape index (κ1) is 69.3. The Morgan fingerprint density at radius 2 is 1.02 bits per heavy atom. The summed E-state index contributed by atoms with van der Waals surface area (Å²) in [5, 5.41) is 24.5. The van der Waals surface area contributed by atoms with Crippen LogP contribution in [0, 0.1) is 0 Å². The van der Waals surface area contributed by atoms with Crippen LogP contribution in [0.5, 0.6) is 0 Å². The van der Waals surface area contributed by atoms with Crippen LogP contribution < -0.4 is 0 Å². The zero-order valence-electron chi connectivity index (χ0n) is 27.9. The second-order valence-corrected chi connectivity index (χ2v) is 15.0. The molecule has 2 unspecified atom stereocenters. The van der Waals surface area contributed by atoms with Gasteiger partial charge in [0.25, 0.3) is 0 Å². The van der Waals surface area contributed by atoms with Crippen molar-refractivity contribution in [3.8, 4) is 0 Å². The largest absolute Gasteiger partial charge is 0.456 e. The summed E-state index contributed by atoms with van der Waals surface area (Å²) in [6, 6.07) is 0. The molecule has 0 fully saturated rings. The van der Waals surface area contributed by atoms with E-state index in [9.17, 15) is 65.9 Å². The number of rotatable bonds is 16. The van der Waals surface area contributed by atoms with Gasteiger partial charge in [0, 0.05) is 41.2 Å². The summed E-state index contributed by atoms with van der Waals surface area (Å²) in [6.45, 7) is 7.09. The van der Waals surface area contributed by atoms with Crippen molar-refractivity contribution >= 4 is 91.9 Å². The summed E-state index contributed by atoms with van der Waals surface area (Å²) in [7, 11) is 3.62. The van der Waals surface area contributed by atoms with Crippen LogP contribution in [0.1, 0.15) is 59.8 Å². The Hall–Kier alpha value is 0.670. The van der Waals surface area contributed by atoms with Crippen molar-refractivity contribution < 1.29 is 81.2 Å². The molecular weight excluding hydrogens is 936 g/mol. The highest BCUT2D eigenvalue weighted by atomic mass is 35.7. The van der Waals surface area contributed by atoms with Gasteiger partial charge in [-0.1, -0.05) is 58.4 Å². The maximum absolute atomic E-state index is 11.6. The van der Waals surface area contributed by atoms with E-state index in [1.54, 1.807) is 0 Å². The van der Waals surface area contributed by atoms with Crippen molar-refractivity contribution in [3.05, 3.63) is 36.3 Å². The van der Waals surface area contributed by atoms with E-state index in [-0.39, 0.29) is 110 Å². The number of thioether (sulfide) groups is 4. The Labute approximate surface area is 342 Å². The van der Waals surface area contributed by atoms with Gasteiger partial charge in [0.2, 0.25) is 0 Å². The van der Waals surface area contributed by atoms with E-state index in [0.29, 0.717) is 6.42 Å². The molecule has 0 heterocycles. The average molecular weight is 982 g/mol. The molecule has 3 nitrogen and oxygen atoms in total. The number of allylic oxidation sites excluding steroid dienone is 1. The maximum atomic E-state index is 11.6. The number of hydrogen-bond acceptors (Lipinski definition) is 8. The molecule has 2 atom stereocenters. The van der Waals surface area contributed by atoms with Crippen molar-refractivity contribution in [2.24, 2.45) is 0 Å². The van der Waals surface area contributed by atoms with Crippen LogP contribution in [0.4, 0.5) is 65.9 Å². The standard InChI is InChI=1S/C6H10ClF3S.C5H8ClF3OS.2C5H7F3OS.C5H10.CClF3S.CH4/c1-2-3-5(7)4-11-6(8,9)10;6-4(1-2-10)3-11-5(7,8)9;2*6-5(7,8)10-4-2-1-3-9;1-3-5-4-2;2-6-1(3,4)5;/h5H,2-4H2,1H3;4,10H,1-3H2;2,4,9H,1,3H2;1-2,9H,3-4H2;3H,1,4-5H2,2H3;;1H4/b;;4-2+;2-1+;;;. The van der Waals surface area contributed by atoms with E-state index < -0.39 is 43.9 Å². The van der Waals surface area contributed by atoms with Crippen molar-refractivity contribution in [2.45, 2.75) is 98.1 Å². The van der Waals surface area contributed by atoms with E-state index >= 15 is 0 Å². The van der Waals surface area contributed by atoms with E-state index in [4.69, 9.17) is 38.5 Å². The third-order valence-electron chi connectivity index (χ3n) is 3.69. The maximum Gasteiger partial charge on any atom is 0.456 e. The highest BCUT2D eigenvalue weighted by molar-refractivity contribution is 8.21. The SMILES string of the molecule is C.C=CCCC.CCCC(Cl)CSC(F)(F)F.FC(F)(F)SCl.OC/C=C/CSC(F)(F)F.OCC/C=C/SC(F)(F)F.OCCC(Cl)CSC(F)(F)F. The Morgan fingerprint density at radius 1 is 0.593 bits per heavy atom. The number of hydrogen-bond donors (Lipinski definition) is 3. The molecule has 0 aliphatic heterocycles. The van der Waals surface area contributed by atoms with Gasteiger partial charge in [-0.2, -0.15) is 65.9 Å². The van der Waals surface area contributed by atoms with Crippen LogP contribution in [0.15, 0.2) is 36.3 Å². The minimum atomic E-state index is -4.28. The average Bonchev–Trinajstić information content (AvgIpc) is 3.00. The fourth-order valence-corrected chi connectivity index (χ4v) is 4.32. The molecule has 0 saturated carbocycles. The van der Waals surface area contributed by atoms with Crippen LogP contribution >= 0.6 is 91.9 Å². The fourth-order valence-electron chi connectivity index (χ4n) is 1.75. The van der Waals surface area contributed by atoms with Crippen LogP contribution in [-0.2, 0) is 0 Å². The molecule has 0 saturated heterocycles. The van der Waals surface area contributed by atoms with Gasteiger partial charge >= 0.3 is 27.5 Å². The van der Waals surface area contributed by atoms with Crippen molar-refractivity contribution in [1.82, 2.24) is 0 Å². The minimum Gasteiger partial charge on any atom is -0.396 e. The molecule has 332 valence electrons. The molecule has 0 radical (unpaired) electrons. The number of halogens is 18. The number of alkyl halides is 17. The van der Waals surface area contributed by atoms with Gasteiger partial charge in [0.1, 0.15) is 0 Å². The van der Waals surface area contributed by atoms with Crippen molar-refractivity contribution in [1.29, 1.82) is 0 Å². The quantitative estimate of drug-likeness (QED) is 0.0803. The molecule has 0 aliphatic rings. The lowest BCUT2D eigenvalue weighted by Crippen LogP contribution is -2.10. The zero-order chi connectivity index (χ0) is 43.2. The highest BCUT2D eigenvalue weighted by Crippen LogP contribution is 2.34. The van der Waals surface area contributed by atoms with Crippen LogP contribution in [0.3, 0.4) is 0 Å². The molecular formula is C28H46Cl3F15O3S5. The van der Waals surface area contributed by atoms with Gasteiger partial charge in [-0.05, 0) is 88.8 Å². The molecule has 0 amide bonds. The number of aliphatic hydroxyl groups excluding tert-OH is 3. The number of aliphatic hydroxyl groups is 3. The fraction of sp³-hybridized carbons (Fsp3) is 0.786.